The van der Waals surface area contributed by atoms with Crippen LogP contribution in [0.1, 0.15) is 57.7 Å². The molecule has 3 aromatic rings. The number of benzene rings is 3. The number of halogens is 2. The van der Waals surface area contributed by atoms with Gasteiger partial charge in [0.25, 0.3) is 0 Å². The first-order valence-electron chi connectivity index (χ1n) is 12.4. The van der Waals surface area contributed by atoms with Crippen LogP contribution in [0.5, 0.6) is 0 Å². The summed E-state index contributed by atoms with van der Waals surface area (Å²) >= 11 is -2.41. The smallest absolute Gasteiger partial charge is 1.00 e. The molecule has 1 atom stereocenters. The number of rotatable bonds is 5. The van der Waals surface area contributed by atoms with E-state index in [2.05, 4.69) is 113 Å². The average Bonchev–Trinajstić information content (AvgIpc) is 3.35. The third-order valence-corrected chi connectivity index (χ3v) is 16.4. The van der Waals surface area contributed by atoms with Crippen LogP contribution in [0.3, 0.4) is 0 Å². The van der Waals surface area contributed by atoms with Gasteiger partial charge in [-0.2, -0.15) is 0 Å². The van der Waals surface area contributed by atoms with Crippen LogP contribution in [0.15, 0.2) is 93.3 Å². The van der Waals surface area contributed by atoms with Gasteiger partial charge in [-0.15, -0.1) is 0 Å². The Kier molecular flexibility index (Phi) is 9.36. The molecule has 0 heterocycles. The topological polar surface area (TPSA) is 0 Å². The van der Waals surface area contributed by atoms with Crippen LogP contribution in [-0.4, -0.2) is 3.21 Å². The Hall–Kier alpha value is -1.53. The molecule has 0 spiro atoms. The minimum absolute atomic E-state index is 0. The van der Waals surface area contributed by atoms with Crippen LogP contribution >= 0.6 is 0 Å². The first-order valence-corrected chi connectivity index (χ1v) is 16.1. The molecule has 180 valence electrons. The van der Waals surface area contributed by atoms with Crippen molar-refractivity contribution in [3.8, 4) is 11.1 Å². The molecule has 0 aromatic heterocycles. The van der Waals surface area contributed by atoms with Crippen molar-refractivity contribution in [2.75, 3.05) is 0 Å². The molecule has 0 aliphatic heterocycles. The fourth-order valence-electron chi connectivity index (χ4n) is 6.04. The number of allylic oxidation sites excluding steroid dienone is 4. The van der Waals surface area contributed by atoms with Gasteiger partial charge < -0.3 is 24.8 Å². The minimum atomic E-state index is -2.41. The van der Waals surface area contributed by atoms with Gasteiger partial charge >= 0.3 is 208 Å². The second-order valence-corrected chi connectivity index (χ2v) is 15.8. The summed E-state index contributed by atoms with van der Waals surface area (Å²) in [5, 5.41) is 0. The van der Waals surface area contributed by atoms with Crippen LogP contribution in [0.4, 0.5) is 0 Å². The first-order chi connectivity index (χ1) is 16.0. The average molecular weight is 581 g/mol. The van der Waals surface area contributed by atoms with E-state index in [1.165, 1.54) is 22.3 Å². The Balaban J connectivity index is 0.00000171. The van der Waals surface area contributed by atoms with Gasteiger partial charge in [-0.3, -0.25) is 0 Å². The van der Waals surface area contributed by atoms with E-state index in [0.717, 1.165) is 12.8 Å². The molecule has 35 heavy (non-hydrogen) atoms. The van der Waals surface area contributed by atoms with Crippen molar-refractivity contribution in [2.45, 2.75) is 47.5 Å². The van der Waals surface area contributed by atoms with Gasteiger partial charge in [-0.05, 0) is 0 Å². The van der Waals surface area contributed by atoms with Crippen molar-refractivity contribution in [3.05, 3.63) is 110 Å². The number of fused-ring (bicyclic) bond motifs is 3. The van der Waals surface area contributed by atoms with E-state index in [1.807, 2.05) is 0 Å². The molecule has 0 saturated carbocycles. The molecule has 0 N–H and O–H groups in total. The third-order valence-electron chi connectivity index (χ3n) is 7.51. The van der Waals surface area contributed by atoms with Gasteiger partial charge in [0.15, 0.2) is 0 Å². The van der Waals surface area contributed by atoms with E-state index in [9.17, 15) is 0 Å². The molecule has 2 aliphatic rings. The maximum atomic E-state index is 2.58. The zero-order valence-corrected chi connectivity index (χ0v) is 25.3. The van der Waals surface area contributed by atoms with Crippen molar-refractivity contribution < 1.29 is 46.1 Å². The SMILES string of the molecule is CC/[C](c1ccccc1)=[Zr+2](\[C]1=C(C)C(C(C)C)=CC1C)[c]1cccc2c1Cc1ccccc1-2.[Cl-].[Cl-]. The molecule has 3 heteroatoms. The van der Waals surface area contributed by atoms with E-state index >= 15 is 0 Å². The zero-order chi connectivity index (χ0) is 23.1. The van der Waals surface area contributed by atoms with E-state index in [1.54, 1.807) is 26.5 Å². The standard InChI is InChI=1S/C13H9.C10H15.C9H10.2ClH.Zr/c1-3-7-12-10(5-1)9-11-6-2-4-8-13(11)12;1-7(2)10-6-8(3)5-9(10)4;1-2-6-9-7-4-3-5-8-9;;;/h1-5,7-8H,9H2;6-8H,1-4H3;3-5,7-8H,2H2,1H3;2*1H;/q;;;;;+2/p-2. The van der Waals surface area contributed by atoms with Crippen LogP contribution < -0.4 is 28.1 Å². The second-order valence-electron chi connectivity index (χ2n) is 9.84. The molecular weight excluding hydrogens is 546 g/mol. The summed E-state index contributed by atoms with van der Waals surface area (Å²) in [7, 11) is 0. The Bertz CT molecular complexity index is 1310. The summed E-state index contributed by atoms with van der Waals surface area (Å²) in [4.78, 5) is 0. The molecule has 0 radical (unpaired) electrons. The molecule has 0 saturated heterocycles. The molecular formula is C32H34Cl2Zr. The summed E-state index contributed by atoms with van der Waals surface area (Å²) in [6.45, 7) is 12.0. The predicted molar refractivity (Wildman–Crippen MR) is 140 cm³/mol. The van der Waals surface area contributed by atoms with Gasteiger partial charge in [0, 0.05) is 0 Å². The maximum absolute atomic E-state index is 2.58. The third kappa shape index (κ3) is 5.02. The maximum Gasteiger partial charge on any atom is -1.00 e. The summed E-state index contributed by atoms with van der Waals surface area (Å²) in [5.74, 6) is 1.13. The molecule has 0 fully saturated rings. The second kappa shape index (κ2) is 11.7. The van der Waals surface area contributed by atoms with Crippen molar-refractivity contribution in [3.63, 3.8) is 0 Å². The fourth-order valence-corrected chi connectivity index (χ4v) is 14.9. The van der Waals surface area contributed by atoms with Crippen molar-refractivity contribution >= 4 is 6.48 Å². The molecule has 0 nitrogen and oxygen atoms in total. The summed E-state index contributed by atoms with van der Waals surface area (Å²) < 4.78 is 5.24. The summed E-state index contributed by atoms with van der Waals surface area (Å²) in [6.07, 6.45) is 4.80. The Morgan fingerprint density at radius 3 is 2.20 bits per heavy atom. The van der Waals surface area contributed by atoms with Gasteiger partial charge in [0.05, 0.1) is 0 Å². The van der Waals surface area contributed by atoms with E-state index in [0.29, 0.717) is 11.8 Å². The predicted octanol–water partition coefficient (Wildman–Crippen LogP) is 1.65. The molecule has 0 bridgehead atoms. The van der Waals surface area contributed by atoms with E-state index < -0.39 is 21.3 Å². The fraction of sp³-hybridized carbons (Fsp3) is 0.281. The molecule has 5 rings (SSSR count). The molecule has 0 amide bonds. The van der Waals surface area contributed by atoms with Crippen molar-refractivity contribution in [1.29, 1.82) is 0 Å². The van der Waals surface area contributed by atoms with Crippen molar-refractivity contribution in [2.24, 2.45) is 11.8 Å². The molecule has 3 aromatic carbocycles. The van der Waals surface area contributed by atoms with Gasteiger partial charge in [0.1, 0.15) is 0 Å². The van der Waals surface area contributed by atoms with E-state index in [-0.39, 0.29) is 24.8 Å². The summed E-state index contributed by atoms with van der Waals surface area (Å²) in [5.41, 5.74) is 10.7. The first kappa shape index (κ1) is 28.1. The number of hydrogen-bond donors (Lipinski definition) is 0. The van der Waals surface area contributed by atoms with Crippen molar-refractivity contribution in [1.82, 2.24) is 0 Å². The van der Waals surface area contributed by atoms with Crippen LogP contribution in [-0.2, 0) is 27.7 Å². The van der Waals surface area contributed by atoms with Crippen LogP contribution in [0.2, 0.25) is 0 Å². The molecule has 1 unspecified atom stereocenters. The summed E-state index contributed by atoms with van der Waals surface area (Å²) in [6, 6.07) is 27.5. The van der Waals surface area contributed by atoms with Gasteiger partial charge in [-0.1, -0.05) is 0 Å². The minimum Gasteiger partial charge on any atom is -1.00 e. The Morgan fingerprint density at radius 2 is 1.54 bits per heavy atom. The number of hydrogen-bond acceptors (Lipinski definition) is 0. The zero-order valence-electron chi connectivity index (χ0n) is 21.3. The Labute approximate surface area is 231 Å². The largest absolute Gasteiger partial charge is 1.00 e. The molecule has 2 aliphatic carbocycles. The normalized spacial score (nSPS) is 16.2. The Morgan fingerprint density at radius 1 is 0.886 bits per heavy atom. The van der Waals surface area contributed by atoms with Crippen LogP contribution in [0, 0.1) is 11.8 Å². The van der Waals surface area contributed by atoms with Crippen LogP contribution in [0.25, 0.3) is 11.1 Å². The van der Waals surface area contributed by atoms with Gasteiger partial charge in [-0.25, -0.2) is 0 Å². The quantitative estimate of drug-likeness (QED) is 0.337. The van der Waals surface area contributed by atoms with E-state index in [4.69, 9.17) is 0 Å². The monoisotopic (exact) mass is 578 g/mol. The van der Waals surface area contributed by atoms with Gasteiger partial charge in [0.2, 0.25) is 0 Å².